The summed E-state index contributed by atoms with van der Waals surface area (Å²) in [5, 5.41) is 4.51. The fraction of sp³-hybridized carbons (Fsp3) is 0.333. The second-order valence-electron chi connectivity index (χ2n) is 5.88. The van der Waals surface area contributed by atoms with Crippen LogP contribution in [0.1, 0.15) is 29.2 Å². The molecule has 21 heavy (non-hydrogen) atoms. The molecule has 0 fully saturated rings. The Hall–Kier alpha value is -1.51. The summed E-state index contributed by atoms with van der Waals surface area (Å²) in [7, 11) is 4.13. The predicted octanol–water partition coefficient (Wildman–Crippen LogP) is 4.18. The molecule has 1 unspecified atom stereocenters. The number of nitrogens with zero attached hydrogens (tertiary/aromatic N) is 1. The quantitative estimate of drug-likeness (QED) is 0.911. The van der Waals surface area contributed by atoms with Crippen LogP contribution in [0.4, 0.5) is 5.69 Å². The Bertz CT molecular complexity index is 620. The van der Waals surface area contributed by atoms with Crippen LogP contribution in [0.15, 0.2) is 42.5 Å². The van der Waals surface area contributed by atoms with Gasteiger partial charge >= 0.3 is 0 Å². The number of nitrogens with one attached hydrogen (secondary N) is 1. The van der Waals surface area contributed by atoms with Gasteiger partial charge in [0, 0.05) is 37.4 Å². The molecule has 2 aromatic rings. The summed E-state index contributed by atoms with van der Waals surface area (Å²) < 4.78 is 0. The van der Waals surface area contributed by atoms with Crippen LogP contribution in [-0.4, -0.2) is 14.1 Å². The lowest BCUT2D eigenvalue weighted by atomic mass is 10.1. The topological polar surface area (TPSA) is 15.3 Å². The lowest BCUT2D eigenvalue weighted by molar-refractivity contribution is 0.530. The van der Waals surface area contributed by atoms with E-state index < -0.39 is 0 Å². The lowest BCUT2D eigenvalue weighted by Gasteiger charge is -2.16. The average Bonchev–Trinajstić information content (AvgIpc) is 2.87. The van der Waals surface area contributed by atoms with Gasteiger partial charge in [-0.3, -0.25) is 0 Å². The van der Waals surface area contributed by atoms with E-state index in [2.05, 4.69) is 60.7 Å². The standard InChI is InChI=1S/C18H21ClN2/c1-21(2)16-7-3-13(4-8-16)12-20-18-10-5-14-11-15(19)6-9-17(14)18/h3-4,6-9,11,18,20H,5,10,12H2,1-2H3. The third-order valence-electron chi connectivity index (χ3n) is 4.19. The molecule has 0 amide bonds. The zero-order valence-corrected chi connectivity index (χ0v) is 13.3. The van der Waals surface area contributed by atoms with Crippen LogP contribution < -0.4 is 10.2 Å². The Balaban J connectivity index is 1.64. The molecule has 3 rings (SSSR count). The Morgan fingerprint density at radius 2 is 1.90 bits per heavy atom. The third-order valence-corrected chi connectivity index (χ3v) is 4.42. The van der Waals surface area contributed by atoms with E-state index >= 15 is 0 Å². The zero-order valence-electron chi connectivity index (χ0n) is 12.6. The van der Waals surface area contributed by atoms with Crippen LogP contribution in [0.2, 0.25) is 5.02 Å². The van der Waals surface area contributed by atoms with Gasteiger partial charge in [0.2, 0.25) is 0 Å². The van der Waals surface area contributed by atoms with Gasteiger partial charge in [-0.2, -0.15) is 0 Å². The second-order valence-corrected chi connectivity index (χ2v) is 6.31. The van der Waals surface area contributed by atoms with Crippen molar-refractivity contribution in [3.8, 4) is 0 Å². The van der Waals surface area contributed by atoms with Gasteiger partial charge in [-0.05, 0) is 53.8 Å². The molecule has 0 heterocycles. The molecule has 1 aliphatic rings. The molecule has 110 valence electrons. The van der Waals surface area contributed by atoms with Gasteiger partial charge in [-0.1, -0.05) is 29.8 Å². The maximum Gasteiger partial charge on any atom is 0.0408 e. The van der Waals surface area contributed by atoms with Gasteiger partial charge in [0.15, 0.2) is 0 Å². The van der Waals surface area contributed by atoms with E-state index in [-0.39, 0.29) is 0 Å². The highest BCUT2D eigenvalue weighted by Gasteiger charge is 2.21. The van der Waals surface area contributed by atoms with Crippen LogP contribution >= 0.6 is 11.6 Å². The highest BCUT2D eigenvalue weighted by molar-refractivity contribution is 6.30. The highest BCUT2D eigenvalue weighted by Crippen LogP contribution is 2.33. The van der Waals surface area contributed by atoms with Crippen molar-refractivity contribution >= 4 is 17.3 Å². The summed E-state index contributed by atoms with van der Waals surface area (Å²) in [4.78, 5) is 2.12. The minimum atomic E-state index is 0.450. The number of hydrogen-bond donors (Lipinski definition) is 1. The number of anilines is 1. The van der Waals surface area contributed by atoms with Crippen molar-refractivity contribution in [2.75, 3.05) is 19.0 Å². The molecule has 2 aromatic carbocycles. The number of aryl methyl sites for hydroxylation is 1. The van der Waals surface area contributed by atoms with Gasteiger partial charge in [0.05, 0.1) is 0 Å². The van der Waals surface area contributed by atoms with Crippen molar-refractivity contribution in [3.05, 3.63) is 64.2 Å². The van der Waals surface area contributed by atoms with E-state index in [9.17, 15) is 0 Å². The molecule has 0 saturated carbocycles. The average molecular weight is 301 g/mol. The van der Waals surface area contributed by atoms with Crippen LogP contribution in [0.5, 0.6) is 0 Å². The summed E-state index contributed by atoms with van der Waals surface area (Å²) in [6.07, 6.45) is 2.28. The van der Waals surface area contributed by atoms with Crippen molar-refractivity contribution in [1.82, 2.24) is 5.32 Å². The molecule has 0 aliphatic heterocycles. The smallest absolute Gasteiger partial charge is 0.0408 e. The van der Waals surface area contributed by atoms with Gasteiger partial charge in [-0.25, -0.2) is 0 Å². The van der Waals surface area contributed by atoms with Crippen molar-refractivity contribution in [3.63, 3.8) is 0 Å². The first-order chi connectivity index (χ1) is 10.1. The molecule has 0 bridgehead atoms. The number of fused-ring (bicyclic) bond motifs is 1. The van der Waals surface area contributed by atoms with Crippen molar-refractivity contribution < 1.29 is 0 Å². The zero-order chi connectivity index (χ0) is 14.8. The summed E-state index contributed by atoms with van der Waals surface area (Å²) in [6.45, 7) is 0.903. The second kappa shape index (κ2) is 6.08. The van der Waals surface area contributed by atoms with Crippen LogP contribution in [0, 0.1) is 0 Å². The Morgan fingerprint density at radius 1 is 1.14 bits per heavy atom. The molecular formula is C18H21ClN2. The normalized spacial score (nSPS) is 16.8. The SMILES string of the molecule is CN(C)c1ccc(CNC2CCc3cc(Cl)ccc32)cc1. The Kier molecular flexibility index (Phi) is 4.18. The molecular weight excluding hydrogens is 280 g/mol. The van der Waals surface area contributed by atoms with Crippen LogP contribution in [-0.2, 0) is 13.0 Å². The monoisotopic (exact) mass is 300 g/mol. The lowest BCUT2D eigenvalue weighted by Crippen LogP contribution is -2.18. The summed E-state index contributed by atoms with van der Waals surface area (Å²) in [5.41, 5.74) is 5.36. The van der Waals surface area contributed by atoms with E-state index in [0.29, 0.717) is 6.04 Å². The third kappa shape index (κ3) is 3.22. The minimum Gasteiger partial charge on any atom is -0.378 e. The summed E-state index contributed by atoms with van der Waals surface area (Å²) in [6, 6.07) is 15.4. The number of benzene rings is 2. The first-order valence-corrected chi connectivity index (χ1v) is 7.79. The molecule has 1 aliphatic carbocycles. The summed E-state index contributed by atoms with van der Waals surface area (Å²) >= 11 is 6.06. The summed E-state index contributed by atoms with van der Waals surface area (Å²) in [5.74, 6) is 0. The van der Waals surface area contributed by atoms with E-state index in [4.69, 9.17) is 11.6 Å². The Morgan fingerprint density at radius 3 is 2.62 bits per heavy atom. The van der Waals surface area contributed by atoms with E-state index in [1.807, 2.05) is 6.07 Å². The number of rotatable bonds is 4. The molecule has 3 heteroatoms. The van der Waals surface area contributed by atoms with Crippen molar-refractivity contribution in [1.29, 1.82) is 0 Å². The van der Waals surface area contributed by atoms with Crippen LogP contribution in [0.25, 0.3) is 0 Å². The van der Waals surface area contributed by atoms with Crippen LogP contribution in [0.3, 0.4) is 0 Å². The van der Waals surface area contributed by atoms with Gasteiger partial charge < -0.3 is 10.2 Å². The molecule has 2 nitrogen and oxygen atoms in total. The largest absolute Gasteiger partial charge is 0.378 e. The molecule has 0 saturated heterocycles. The van der Waals surface area contributed by atoms with E-state index in [0.717, 1.165) is 24.4 Å². The fourth-order valence-electron chi connectivity index (χ4n) is 2.95. The Labute approximate surface area is 131 Å². The van der Waals surface area contributed by atoms with E-state index in [1.165, 1.54) is 22.4 Å². The fourth-order valence-corrected chi connectivity index (χ4v) is 3.15. The van der Waals surface area contributed by atoms with Gasteiger partial charge in [0.25, 0.3) is 0 Å². The van der Waals surface area contributed by atoms with Crippen molar-refractivity contribution in [2.24, 2.45) is 0 Å². The molecule has 1 atom stereocenters. The molecule has 1 N–H and O–H groups in total. The van der Waals surface area contributed by atoms with Gasteiger partial charge in [0.1, 0.15) is 0 Å². The molecule has 0 spiro atoms. The number of hydrogen-bond acceptors (Lipinski definition) is 2. The maximum atomic E-state index is 6.06. The maximum absolute atomic E-state index is 6.06. The minimum absolute atomic E-state index is 0.450. The first kappa shape index (κ1) is 14.4. The predicted molar refractivity (Wildman–Crippen MR) is 90.1 cm³/mol. The first-order valence-electron chi connectivity index (χ1n) is 7.41. The molecule has 0 radical (unpaired) electrons. The van der Waals surface area contributed by atoms with Gasteiger partial charge in [-0.15, -0.1) is 0 Å². The molecule has 0 aromatic heterocycles. The van der Waals surface area contributed by atoms with E-state index in [1.54, 1.807) is 0 Å². The number of halogens is 1. The highest BCUT2D eigenvalue weighted by atomic mass is 35.5. The van der Waals surface area contributed by atoms with Crippen molar-refractivity contribution in [2.45, 2.75) is 25.4 Å².